The lowest BCUT2D eigenvalue weighted by molar-refractivity contribution is 0.0450. The van der Waals surface area contributed by atoms with E-state index in [2.05, 4.69) is 33.0 Å². The predicted octanol–water partition coefficient (Wildman–Crippen LogP) is 5.17. The Kier molecular flexibility index (Phi) is 4.99. The van der Waals surface area contributed by atoms with Gasteiger partial charge in [0.25, 0.3) is 0 Å². The van der Waals surface area contributed by atoms with E-state index in [1.165, 1.54) is 12.1 Å². The first-order valence-corrected chi connectivity index (χ1v) is 8.32. The summed E-state index contributed by atoms with van der Waals surface area (Å²) in [5.74, 6) is 0.439. The third-order valence-corrected chi connectivity index (χ3v) is 5.20. The molecule has 1 saturated carbocycles. The van der Waals surface area contributed by atoms with Crippen molar-refractivity contribution in [1.82, 2.24) is 5.32 Å². The lowest BCUT2D eigenvalue weighted by atomic mass is 9.52. The van der Waals surface area contributed by atoms with Crippen LogP contribution in [0.2, 0.25) is 5.02 Å². The van der Waals surface area contributed by atoms with E-state index in [9.17, 15) is 4.39 Å². The predicted molar refractivity (Wildman–Crippen MR) is 88.4 cm³/mol. The van der Waals surface area contributed by atoms with E-state index >= 15 is 0 Å². The van der Waals surface area contributed by atoms with Crippen LogP contribution >= 0.6 is 11.6 Å². The molecule has 1 fully saturated rings. The van der Waals surface area contributed by atoms with E-state index in [4.69, 9.17) is 11.6 Å². The fourth-order valence-electron chi connectivity index (χ4n) is 3.38. The molecule has 0 bridgehead atoms. The minimum Gasteiger partial charge on any atom is -0.316 e. The summed E-state index contributed by atoms with van der Waals surface area (Å²) in [5, 5.41) is 4.11. The lowest BCUT2D eigenvalue weighted by Crippen LogP contribution is -2.52. The summed E-state index contributed by atoms with van der Waals surface area (Å²) in [5.41, 5.74) is 1.49. The highest BCUT2D eigenvalue weighted by molar-refractivity contribution is 6.31. The van der Waals surface area contributed by atoms with Gasteiger partial charge in [0.1, 0.15) is 5.82 Å². The maximum absolute atomic E-state index is 13.3. The van der Waals surface area contributed by atoms with Gasteiger partial charge < -0.3 is 5.32 Å². The first-order valence-electron chi connectivity index (χ1n) is 7.95. The fourth-order valence-corrected chi connectivity index (χ4v) is 3.75. The Morgan fingerprint density at radius 3 is 2.52 bits per heavy atom. The van der Waals surface area contributed by atoms with Crippen molar-refractivity contribution >= 4 is 11.6 Å². The molecule has 1 aromatic rings. The molecule has 2 rings (SSSR count). The van der Waals surface area contributed by atoms with Crippen molar-refractivity contribution in [1.29, 1.82) is 0 Å². The Labute approximate surface area is 133 Å². The third-order valence-electron chi connectivity index (χ3n) is 4.89. The highest BCUT2D eigenvalue weighted by atomic mass is 35.5. The minimum absolute atomic E-state index is 0.0674. The maximum atomic E-state index is 13.3. The first kappa shape index (κ1) is 16.8. The van der Waals surface area contributed by atoms with Crippen molar-refractivity contribution < 1.29 is 4.39 Å². The molecule has 118 valence electrons. The Bertz CT molecular complexity index is 486. The average Bonchev–Trinajstić information content (AvgIpc) is 2.32. The van der Waals surface area contributed by atoms with Crippen LogP contribution in [0, 0.1) is 17.2 Å². The van der Waals surface area contributed by atoms with Crippen LogP contribution in [0.25, 0.3) is 0 Å². The molecule has 1 nitrogen and oxygen atoms in total. The zero-order valence-electron chi connectivity index (χ0n) is 13.6. The van der Waals surface area contributed by atoms with Crippen molar-refractivity contribution in [2.75, 3.05) is 13.1 Å². The zero-order valence-corrected chi connectivity index (χ0v) is 14.4. The van der Waals surface area contributed by atoms with Crippen LogP contribution in [0.15, 0.2) is 18.2 Å². The normalized spacial score (nSPS) is 25.7. The molecule has 0 radical (unpaired) electrons. The van der Waals surface area contributed by atoms with Crippen molar-refractivity contribution in [2.45, 2.75) is 52.4 Å². The Balaban J connectivity index is 2.22. The zero-order chi connectivity index (χ0) is 15.7. The molecule has 0 spiro atoms. The molecule has 1 aliphatic carbocycles. The number of nitrogens with one attached hydrogen (secondary N) is 1. The minimum atomic E-state index is -0.257. The van der Waals surface area contributed by atoms with E-state index in [0.29, 0.717) is 16.4 Å². The summed E-state index contributed by atoms with van der Waals surface area (Å²) in [6, 6.07) is 4.86. The standard InChI is InChI=1S/C18H27ClFN/c1-5-8-21-12-18(10-13(11-18)17(2,3)4)15-7-6-14(20)9-16(15)19/h6-7,9,13,21H,5,8,10-12H2,1-4H3. The Hall–Kier alpha value is -0.600. The number of benzene rings is 1. The molecule has 1 aliphatic rings. The van der Waals surface area contributed by atoms with Crippen LogP contribution in [0.1, 0.15) is 52.5 Å². The van der Waals surface area contributed by atoms with Crippen LogP contribution in [0.5, 0.6) is 0 Å². The Morgan fingerprint density at radius 1 is 1.33 bits per heavy atom. The number of hydrogen-bond donors (Lipinski definition) is 1. The van der Waals surface area contributed by atoms with Gasteiger partial charge >= 0.3 is 0 Å². The summed E-state index contributed by atoms with van der Waals surface area (Å²) in [7, 11) is 0. The number of hydrogen-bond acceptors (Lipinski definition) is 1. The molecular formula is C18H27ClFN. The van der Waals surface area contributed by atoms with Gasteiger partial charge in [-0.25, -0.2) is 4.39 Å². The van der Waals surface area contributed by atoms with Crippen LogP contribution in [0.4, 0.5) is 4.39 Å². The SMILES string of the molecule is CCCNCC1(c2ccc(F)cc2Cl)CC(C(C)(C)C)C1. The molecular weight excluding hydrogens is 285 g/mol. The topological polar surface area (TPSA) is 12.0 Å². The summed E-state index contributed by atoms with van der Waals surface area (Å²) in [6.07, 6.45) is 3.37. The van der Waals surface area contributed by atoms with E-state index in [1.807, 2.05) is 6.07 Å². The quantitative estimate of drug-likeness (QED) is 0.739. The molecule has 0 heterocycles. The molecule has 1 N–H and O–H groups in total. The van der Waals surface area contributed by atoms with Crippen molar-refractivity contribution in [3.8, 4) is 0 Å². The number of rotatable bonds is 5. The number of halogens is 2. The van der Waals surface area contributed by atoms with Gasteiger partial charge in [-0.15, -0.1) is 0 Å². The van der Waals surface area contributed by atoms with E-state index in [0.717, 1.165) is 37.9 Å². The van der Waals surface area contributed by atoms with Crippen molar-refractivity contribution in [3.05, 3.63) is 34.6 Å². The summed E-state index contributed by atoms with van der Waals surface area (Å²) in [6.45, 7) is 11.0. The molecule has 0 atom stereocenters. The third kappa shape index (κ3) is 3.60. The van der Waals surface area contributed by atoms with Gasteiger partial charge in [-0.2, -0.15) is 0 Å². The molecule has 0 unspecified atom stereocenters. The van der Waals surface area contributed by atoms with Crippen LogP contribution in [-0.2, 0) is 5.41 Å². The maximum Gasteiger partial charge on any atom is 0.124 e. The largest absolute Gasteiger partial charge is 0.316 e. The van der Waals surface area contributed by atoms with E-state index < -0.39 is 0 Å². The highest BCUT2D eigenvalue weighted by Crippen LogP contribution is 2.55. The molecule has 0 aromatic heterocycles. The van der Waals surface area contributed by atoms with Gasteiger partial charge in [0.15, 0.2) is 0 Å². The van der Waals surface area contributed by atoms with Crippen LogP contribution < -0.4 is 5.32 Å². The first-order chi connectivity index (χ1) is 9.78. The van der Waals surface area contributed by atoms with Crippen molar-refractivity contribution in [2.24, 2.45) is 11.3 Å². The van der Waals surface area contributed by atoms with Gasteiger partial charge in [-0.05, 0) is 54.8 Å². The smallest absolute Gasteiger partial charge is 0.124 e. The molecule has 1 aromatic carbocycles. The lowest BCUT2D eigenvalue weighted by Gasteiger charge is -2.53. The van der Waals surface area contributed by atoms with E-state index in [1.54, 1.807) is 0 Å². The average molecular weight is 312 g/mol. The second kappa shape index (κ2) is 6.26. The second-order valence-electron chi connectivity index (χ2n) is 7.55. The molecule has 0 amide bonds. The summed E-state index contributed by atoms with van der Waals surface area (Å²) >= 11 is 6.33. The van der Waals surface area contributed by atoms with Gasteiger partial charge in [-0.3, -0.25) is 0 Å². The summed E-state index contributed by atoms with van der Waals surface area (Å²) in [4.78, 5) is 0. The summed E-state index contributed by atoms with van der Waals surface area (Å²) < 4.78 is 13.3. The van der Waals surface area contributed by atoms with Crippen LogP contribution in [0.3, 0.4) is 0 Å². The van der Waals surface area contributed by atoms with Crippen LogP contribution in [-0.4, -0.2) is 13.1 Å². The van der Waals surface area contributed by atoms with Gasteiger partial charge in [0, 0.05) is 17.0 Å². The monoisotopic (exact) mass is 311 g/mol. The van der Waals surface area contributed by atoms with Gasteiger partial charge in [0.05, 0.1) is 0 Å². The molecule has 3 heteroatoms. The van der Waals surface area contributed by atoms with E-state index in [-0.39, 0.29) is 11.2 Å². The second-order valence-corrected chi connectivity index (χ2v) is 7.96. The molecule has 21 heavy (non-hydrogen) atoms. The van der Waals surface area contributed by atoms with Crippen molar-refractivity contribution in [3.63, 3.8) is 0 Å². The molecule has 0 aliphatic heterocycles. The van der Waals surface area contributed by atoms with Gasteiger partial charge in [0.2, 0.25) is 0 Å². The highest BCUT2D eigenvalue weighted by Gasteiger charge is 2.49. The molecule has 0 saturated heterocycles. The Morgan fingerprint density at radius 2 is 2.00 bits per heavy atom. The fraction of sp³-hybridized carbons (Fsp3) is 0.667. The van der Waals surface area contributed by atoms with Gasteiger partial charge in [-0.1, -0.05) is 45.4 Å².